The van der Waals surface area contributed by atoms with Gasteiger partial charge in [0.2, 0.25) is 0 Å². The van der Waals surface area contributed by atoms with Crippen LogP contribution in [-0.4, -0.2) is 22.6 Å². The maximum atomic E-state index is 4.51. The van der Waals surface area contributed by atoms with Crippen molar-refractivity contribution in [2.24, 2.45) is 11.8 Å². The molecule has 1 heterocycles. The van der Waals surface area contributed by atoms with Crippen LogP contribution in [0.3, 0.4) is 0 Å². The Balaban J connectivity index is 2.09. The molecule has 19 heavy (non-hydrogen) atoms. The normalized spacial score (nSPS) is 27.1. The molecule has 4 heteroatoms. The van der Waals surface area contributed by atoms with Crippen molar-refractivity contribution in [3.8, 4) is 0 Å². The Morgan fingerprint density at radius 3 is 2.68 bits per heavy atom. The number of nitrogens with zero attached hydrogens (tertiary/aromatic N) is 2. The van der Waals surface area contributed by atoms with Crippen molar-refractivity contribution < 1.29 is 0 Å². The molecular weight excluding hydrogens is 236 g/mol. The van der Waals surface area contributed by atoms with E-state index >= 15 is 0 Å². The number of aryl methyl sites for hydroxylation is 1. The zero-order valence-corrected chi connectivity index (χ0v) is 12.5. The van der Waals surface area contributed by atoms with Crippen LogP contribution in [0.4, 0.5) is 11.6 Å². The first-order valence-electron chi connectivity index (χ1n) is 7.46. The highest BCUT2D eigenvalue weighted by molar-refractivity contribution is 5.48. The second-order valence-electron chi connectivity index (χ2n) is 5.73. The predicted octanol–water partition coefficient (Wildman–Crippen LogP) is 3.45. The fourth-order valence-corrected chi connectivity index (χ4v) is 2.89. The molecule has 1 fully saturated rings. The maximum absolute atomic E-state index is 4.51. The van der Waals surface area contributed by atoms with Crippen LogP contribution in [0.2, 0.25) is 0 Å². The summed E-state index contributed by atoms with van der Waals surface area (Å²) in [6.07, 6.45) is 3.91. The van der Waals surface area contributed by atoms with E-state index in [-0.39, 0.29) is 0 Å². The SMILES string of the molecule is CCNc1cc(NC2CCCC(C)C2C)nc(C)n1. The van der Waals surface area contributed by atoms with E-state index in [0.717, 1.165) is 29.9 Å². The molecule has 0 bridgehead atoms. The lowest BCUT2D eigenvalue weighted by Crippen LogP contribution is -2.35. The quantitative estimate of drug-likeness (QED) is 0.872. The summed E-state index contributed by atoms with van der Waals surface area (Å²) in [4.78, 5) is 8.90. The van der Waals surface area contributed by atoms with Gasteiger partial charge in [-0.25, -0.2) is 9.97 Å². The van der Waals surface area contributed by atoms with Gasteiger partial charge in [-0.2, -0.15) is 0 Å². The molecule has 0 aromatic carbocycles. The largest absolute Gasteiger partial charge is 0.370 e. The molecule has 3 atom stereocenters. The highest BCUT2D eigenvalue weighted by Gasteiger charge is 2.27. The molecule has 1 aliphatic carbocycles. The van der Waals surface area contributed by atoms with Crippen LogP contribution in [0.1, 0.15) is 45.9 Å². The summed E-state index contributed by atoms with van der Waals surface area (Å²) in [5, 5.41) is 6.86. The van der Waals surface area contributed by atoms with Crippen molar-refractivity contribution in [1.29, 1.82) is 0 Å². The van der Waals surface area contributed by atoms with Gasteiger partial charge in [0.15, 0.2) is 0 Å². The van der Waals surface area contributed by atoms with E-state index in [9.17, 15) is 0 Å². The lowest BCUT2D eigenvalue weighted by Gasteiger charge is -2.35. The average molecular weight is 262 g/mol. The standard InChI is InChI=1S/C15H26N4/c1-5-16-14-9-15(18-12(4)17-14)19-13-8-6-7-10(2)11(13)3/h9-11,13H,5-8H2,1-4H3,(H2,16,17,18,19). The Kier molecular flexibility index (Phi) is 4.61. The first-order chi connectivity index (χ1) is 9.10. The van der Waals surface area contributed by atoms with E-state index in [0.29, 0.717) is 12.0 Å². The van der Waals surface area contributed by atoms with Crippen LogP contribution >= 0.6 is 0 Å². The fraction of sp³-hybridized carbons (Fsp3) is 0.733. The van der Waals surface area contributed by atoms with Crippen LogP contribution in [0.5, 0.6) is 0 Å². The Bertz CT molecular complexity index is 419. The lowest BCUT2D eigenvalue weighted by molar-refractivity contribution is 0.253. The van der Waals surface area contributed by atoms with Crippen LogP contribution in [0.25, 0.3) is 0 Å². The van der Waals surface area contributed by atoms with Gasteiger partial charge < -0.3 is 10.6 Å². The maximum Gasteiger partial charge on any atom is 0.132 e. The molecule has 1 aliphatic rings. The van der Waals surface area contributed by atoms with Gasteiger partial charge in [0.25, 0.3) is 0 Å². The predicted molar refractivity (Wildman–Crippen MR) is 80.5 cm³/mol. The van der Waals surface area contributed by atoms with Gasteiger partial charge in [-0.3, -0.25) is 0 Å². The fourth-order valence-electron chi connectivity index (χ4n) is 2.89. The minimum absolute atomic E-state index is 0.535. The minimum atomic E-state index is 0.535. The van der Waals surface area contributed by atoms with Gasteiger partial charge in [-0.05, 0) is 32.1 Å². The Hall–Kier alpha value is -1.32. The van der Waals surface area contributed by atoms with E-state index in [1.807, 2.05) is 13.0 Å². The number of rotatable bonds is 4. The van der Waals surface area contributed by atoms with Crippen LogP contribution in [0, 0.1) is 18.8 Å². The lowest BCUT2D eigenvalue weighted by atomic mass is 9.78. The van der Waals surface area contributed by atoms with E-state index < -0.39 is 0 Å². The molecule has 4 nitrogen and oxygen atoms in total. The number of anilines is 2. The third kappa shape index (κ3) is 3.58. The number of hydrogen-bond acceptors (Lipinski definition) is 4. The van der Waals surface area contributed by atoms with Crippen LogP contribution in [-0.2, 0) is 0 Å². The third-order valence-electron chi connectivity index (χ3n) is 4.24. The van der Waals surface area contributed by atoms with Gasteiger partial charge in [0.1, 0.15) is 17.5 Å². The molecule has 1 aromatic heterocycles. The summed E-state index contributed by atoms with van der Waals surface area (Å²) >= 11 is 0. The molecule has 106 valence electrons. The van der Waals surface area contributed by atoms with Crippen LogP contribution < -0.4 is 10.6 Å². The highest BCUT2D eigenvalue weighted by atomic mass is 15.1. The first-order valence-corrected chi connectivity index (χ1v) is 7.46. The van der Waals surface area contributed by atoms with E-state index in [1.165, 1.54) is 19.3 Å². The minimum Gasteiger partial charge on any atom is -0.370 e. The summed E-state index contributed by atoms with van der Waals surface area (Å²) in [6, 6.07) is 2.55. The van der Waals surface area contributed by atoms with Gasteiger partial charge in [0, 0.05) is 18.7 Å². The smallest absolute Gasteiger partial charge is 0.132 e. The van der Waals surface area contributed by atoms with Crippen molar-refractivity contribution in [2.75, 3.05) is 17.2 Å². The second kappa shape index (κ2) is 6.22. The molecule has 0 aliphatic heterocycles. The third-order valence-corrected chi connectivity index (χ3v) is 4.24. The van der Waals surface area contributed by atoms with E-state index in [1.54, 1.807) is 0 Å². The van der Waals surface area contributed by atoms with Gasteiger partial charge in [0.05, 0.1) is 0 Å². The Labute approximate surface area is 116 Å². The molecule has 1 saturated carbocycles. The summed E-state index contributed by atoms with van der Waals surface area (Å²) in [5.74, 6) is 4.18. The van der Waals surface area contributed by atoms with E-state index in [2.05, 4.69) is 41.4 Å². The van der Waals surface area contributed by atoms with Gasteiger partial charge in [-0.1, -0.05) is 26.7 Å². The van der Waals surface area contributed by atoms with Crippen molar-refractivity contribution >= 4 is 11.6 Å². The first kappa shape index (κ1) is 14.1. The van der Waals surface area contributed by atoms with Crippen molar-refractivity contribution in [2.45, 2.75) is 53.0 Å². The average Bonchev–Trinajstić information content (AvgIpc) is 2.35. The van der Waals surface area contributed by atoms with Gasteiger partial charge in [-0.15, -0.1) is 0 Å². The second-order valence-corrected chi connectivity index (χ2v) is 5.73. The monoisotopic (exact) mass is 262 g/mol. The van der Waals surface area contributed by atoms with Gasteiger partial charge >= 0.3 is 0 Å². The molecule has 0 spiro atoms. The molecular formula is C15H26N4. The number of nitrogens with one attached hydrogen (secondary N) is 2. The molecule has 2 N–H and O–H groups in total. The summed E-state index contributed by atoms with van der Waals surface area (Å²) in [6.45, 7) is 9.61. The summed E-state index contributed by atoms with van der Waals surface area (Å²) in [7, 11) is 0. The zero-order chi connectivity index (χ0) is 13.8. The van der Waals surface area contributed by atoms with E-state index in [4.69, 9.17) is 0 Å². The summed E-state index contributed by atoms with van der Waals surface area (Å²) < 4.78 is 0. The van der Waals surface area contributed by atoms with Crippen molar-refractivity contribution in [1.82, 2.24) is 9.97 Å². The molecule has 3 unspecified atom stereocenters. The number of hydrogen-bond donors (Lipinski definition) is 2. The Morgan fingerprint density at radius 2 is 1.95 bits per heavy atom. The molecule has 0 saturated heterocycles. The molecule has 2 rings (SSSR count). The molecule has 0 amide bonds. The highest BCUT2D eigenvalue weighted by Crippen LogP contribution is 2.31. The topological polar surface area (TPSA) is 49.8 Å². The Morgan fingerprint density at radius 1 is 1.21 bits per heavy atom. The van der Waals surface area contributed by atoms with Crippen molar-refractivity contribution in [3.05, 3.63) is 11.9 Å². The molecule has 0 radical (unpaired) electrons. The number of aromatic nitrogens is 2. The van der Waals surface area contributed by atoms with Crippen molar-refractivity contribution in [3.63, 3.8) is 0 Å². The van der Waals surface area contributed by atoms with Crippen LogP contribution in [0.15, 0.2) is 6.07 Å². The molecule has 1 aromatic rings. The zero-order valence-electron chi connectivity index (χ0n) is 12.5. The summed E-state index contributed by atoms with van der Waals surface area (Å²) in [5.41, 5.74) is 0.